The van der Waals surface area contributed by atoms with Crippen LogP contribution < -0.4 is 4.74 Å². The van der Waals surface area contributed by atoms with Gasteiger partial charge in [-0.1, -0.05) is 37.3 Å². The van der Waals surface area contributed by atoms with Crippen LogP contribution in [0.3, 0.4) is 0 Å². The maximum atomic E-state index is 13.6. The first-order valence-corrected chi connectivity index (χ1v) is 14.4. The van der Waals surface area contributed by atoms with Crippen LogP contribution in [0.2, 0.25) is 0 Å². The van der Waals surface area contributed by atoms with E-state index in [1.54, 1.807) is 30.3 Å². The summed E-state index contributed by atoms with van der Waals surface area (Å²) in [6.07, 6.45) is 0.500. The first kappa shape index (κ1) is 27.0. The second-order valence-corrected chi connectivity index (χ2v) is 12.2. The zero-order valence-electron chi connectivity index (χ0n) is 21.4. The SMILES string of the molecule is CC[C@@H]1CN(Cc2cc(C(CC(=O)OC)c3ccc(C(C)=O)s3)ccc2C)S(=O)(=O)c2ccccc2O1. The van der Waals surface area contributed by atoms with E-state index in [-0.39, 0.29) is 48.2 Å². The molecule has 0 amide bonds. The van der Waals surface area contributed by atoms with Gasteiger partial charge < -0.3 is 9.47 Å². The standard InChI is InChI=1S/C28H31NO6S2/c1-5-22-17-29(37(32,33)27-9-7-6-8-24(27)35-22)16-21-14-20(11-10-18(21)2)23(15-28(31)34-4)26-13-12-25(36-26)19(3)30/h6-14,22-23H,5,15-17H2,1-4H3/t22-,23?/m1/s1. The molecule has 196 valence electrons. The van der Waals surface area contributed by atoms with Crippen molar-refractivity contribution < 1.29 is 27.5 Å². The highest BCUT2D eigenvalue weighted by atomic mass is 32.2. The largest absolute Gasteiger partial charge is 0.488 e. The van der Waals surface area contributed by atoms with E-state index in [9.17, 15) is 18.0 Å². The summed E-state index contributed by atoms with van der Waals surface area (Å²) in [5.74, 6) is -0.339. The Kier molecular flexibility index (Phi) is 8.16. The predicted molar refractivity (Wildman–Crippen MR) is 143 cm³/mol. The zero-order chi connectivity index (χ0) is 26.7. The minimum atomic E-state index is -3.79. The van der Waals surface area contributed by atoms with Gasteiger partial charge in [0.15, 0.2) is 5.78 Å². The van der Waals surface area contributed by atoms with Crippen LogP contribution in [0, 0.1) is 6.92 Å². The number of carbonyl (C=O) groups is 2. The number of fused-ring (bicyclic) bond motifs is 1. The molecule has 2 aromatic carbocycles. The van der Waals surface area contributed by atoms with Crippen molar-refractivity contribution >= 4 is 33.1 Å². The smallest absolute Gasteiger partial charge is 0.306 e. The highest BCUT2D eigenvalue weighted by molar-refractivity contribution is 7.89. The molecule has 3 aromatic rings. The molecule has 9 heteroatoms. The van der Waals surface area contributed by atoms with E-state index < -0.39 is 10.0 Å². The van der Waals surface area contributed by atoms with Gasteiger partial charge in [-0.3, -0.25) is 9.59 Å². The fraction of sp³-hybridized carbons (Fsp3) is 0.357. The quantitative estimate of drug-likeness (QED) is 0.283. The van der Waals surface area contributed by atoms with Gasteiger partial charge in [0, 0.05) is 17.3 Å². The topological polar surface area (TPSA) is 90.0 Å². The van der Waals surface area contributed by atoms with Crippen molar-refractivity contribution in [1.29, 1.82) is 0 Å². The van der Waals surface area contributed by atoms with Crippen LogP contribution in [0.1, 0.15) is 63.8 Å². The second kappa shape index (κ2) is 11.2. The Bertz CT molecular complexity index is 1410. The normalized spacial score (nSPS) is 17.8. The van der Waals surface area contributed by atoms with Gasteiger partial charge in [-0.2, -0.15) is 4.31 Å². The lowest BCUT2D eigenvalue weighted by molar-refractivity contribution is -0.140. The molecule has 1 aromatic heterocycles. The number of carbonyl (C=O) groups excluding carboxylic acids is 2. The molecule has 1 aliphatic rings. The van der Waals surface area contributed by atoms with Crippen LogP contribution >= 0.6 is 11.3 Å². The van der Waals surface area contributed by atoms with E-state index in [2.05, 4.69) is 0 Å². The molecule has 0 bridgehead atoms. The predicted octanol–water partition coefficient (Wildman–Crippen LogP) is 5.32. The Balaban J connectivity index is 1.73. The third kappa shape index (κ3) is 5.79. The number of esters is 1. The average Bonchev–Trinajstić information content (AvgIpc) is 3.34. The summed E-state index contributed by atoms with van der Waals surface area (Å²) in [7, 11) is -2.44. The Labute approximate surface area is 222 Å². The Morgan fingerprint density at radius 3 is 2.59 bits per heavy atom. The number of benzene rings is 2. The van der Waals surface area contributed by atoms with Gasteiger partial charge in [-0.05, 0) is 61.2 Å². The van der Waals surface area contributed by atoms with Crippen molar-refractivity contribution in [3.8, 4) is 5.75 Å². The molecule has 7 nitrogen and oxygen atoms in total. The van der Waals surface area contributed by atoms with Crippen molar-refractivity contribution in [3.63, 3.8) is 0 Å². The molecule has 0 fully saturated rings. The molecule has 2 heterocycles. The van der Waals surface area contributed by atoms with Crippen molar-refractivity contribution in [1.82, 2.24) is 4.31 Å². The Morgan fingerprint density at radius 1 is 1.16 bits per heavy atom. The van der Waals surface area contributed by atoms with Crippen LogP contribution in [-0.4, -0.2) is 44.2 Å². The zero-order valence-corrected chi connectivity index (χ0v) is 23.0. The van der Waals surface area contributed by atoms with E-state index >= 15 is 0 Å². The lowest BCUT2D eigenvalue weighted by Gasteiger charge is -2.24. The second-order valence-electron chi connectivity index (χ2n) is 9.17. The summed E-state index contributed by atoms with van der Waals surface area (Å²) in [6.45, 7) is 5.84. The summed E-state index contributed by atoms with van der Waals surface area (Å²) < 4.78 is 39.8. The lowest BCUT2D eigenvalue weighted by atomic mass is 9.91. The van der Waals surface area contributed by atoms with E-state index in [1.165, 1.54) is 29.7 Å². The number of ether oxygens (including phenoxy) is 2. The van der Waals surface area contributed by atoms with Crippen LogP contribution in [-0.2, 0) is 26.1 Å². The number of ketones is 1. The maximum Gasteiger partial charge on any atom is 0.306 e. The lowest BCUT2D eigenvalue weighted by Crippen LogP contribution is -2.36. The van der Waals surface area contributed by atoms with Crippen LogP contribution in [0.15, 0.2) is 59.5 Å². The van der Waals surface area contributed by atoms with Crippen LogP contribution in [0.4, 0.5) is 0 Å². The monoisotopic (exact) mass is 541 g/mol. The molecule has 37 heavy (non-hydrogen) atoms. The number of para-hydroxylation sites is 1. The summed E-state index contributed by atoms with van der Waals surface area (Å²) in [5.41, 5.74) is 2.64. The number of rotatable bonds is 8. The van der Waals surface area contributed by atoms with Crippen LogP contribution in [0.5, 0.6) is 5.75 Å². The Morgan fingerprint density at radius 2 is 1.92 bits per heavy atom. The minimum absolute atomic E-state index is 0.0305. The highest BCUT2D eigenvalue weighted by Gasteiger charge is 2.34. The van der Waals surface area contributed by atoms with Gasteiger partial charge in [0.25, 0.3) is 0 Å². The number of sulfonamides is 1. The third-order valence-electron chi connectivity index (χ3n) is 6.66. The van der Waals surface area contributed by atoms with Crippen molar-refractivity contribution in [2.24, 2.45) is 0 Å². The molecule has 2 atom stereocenters. The number of nitrogens with zero attached hydrogens (tertiary/aromatic N) is 1. The molecule has 4 rings (SSSR count). The molecular weight excluding hydrogens is 510 g/mol. The van der Waals surface area contributed by atoms with Gasteiger partial charge >= 0.3 is 5.97 Å². The molecule has 0 spiro atoms. The molecule has 0 aliphatic carbocycles. The molecule has 1 unspecified atom stereocenters. The van der Waals surface area contributed by atoms with Gasteiger partial charge in [0.1, 0.15) is 16.7 Å². The van der Waals surface area contributed by atoms with E-state index in [1.807, 2.05) is 38.1 Å². The minimum Gasteiger partial charge on any atom is -0.488 e. The first-order chi connectivity index (χ1) is 17.6. The highest BCUT2D eigenvalue weighted by Crippen LogP contribution is 2.36. The number of aryl methyl sites for hydroxylation is 1. The molecule has 0 saturated carbocycles. The number of hydrogen-bond donors (Lipinski definition) is 0. The summed E-state index contributed by atoms with van der Waals surface area (Å²) in [6, 6.07) is 16.2. The van der Waals surface area contributed by atoms with Crippen molar-refractivity contribution in [3.05, 3.63) is 81.0 Å². The molecule has 0 radical (unpaired) electrons. The van der Waals surface area contributed by atoms with Crippen molar-refractivity contribution in [2.45, 2.75) is 57.1 Å². The summed E-state index contributed by atoms with van der Waals surface area (Å²) >= 11 is 1.36. The van der Waals surface area contributed by atoms with Gasteiger partial charge in [0.2, 0.25) is 10.0 Å². The number of hydrogen-bond acceptors (Lipinski definition) is 7. The first-order valence-electron chi connectivity index (χ1n) is 12.2. The van der Waals surface area contributed by atoms with E-state index in [0.29, 0.717) is 17.0 Å². The molecule has 0 saturated heterocycles. The van der Waals surface area contributed by atoms with Gasteiger partial charge in [0.05, 0.1) is 25.0 Å². The fourth-order valence-electron chi connectivity index (χ4n) is 4.43. The average molecular weight is 542 g/mol. The maximum absolute atomic E-state index is 13.6. The molecule has 1 aliphatic heterocycles. The summed E-state index contributed by atoms with van der Waals surface area (Å²) in [5, 5.41) is 0. The van der Waals surface area contributed by atoms with Crippen LogP contribution in [0.25, 0.3) is 0 Å². The number of methoxy groups -OCH3 is 1. The van der Waals surface area contributed by atoms with E-state index in [0.717, 1.165) is 21.6 Å². The number of thiophene rings is 1. The van der Waals surface area contributed by atoms with E-state index in [4.69, 9.17) is 9.47 Å². The van der Waals surface area contributed by atoms with Gasteiger partial charge in [-0.25, -0.2) is 8.42 Å². The van der Waals surface area contributed by atoms with Gasteiger partial charge in [-0.15, -0.1) is 11.3 Å². The molecular formula is C28H31NO6S2. The fourth-order valence-corrected chi connectivity index (χ4v) is 7.04. The molecule has 0 N–H and O–H groups in total. The third-order valence-corrected chi connectivity index (χ3v) is 9.81. The number of Topliss-reactive ketones (excluding diaryl/α,β-unsaturated/α-hetero) is 1. The summed E-state index contributed by atoms with van der Waals surface area (Å²) in [4.78, 5) is 25.9. The Hall–Kier alpha value is -3.01. The van der Waals surface area contributed by atoms with Crippen molar-refractivity contribution in [2.75, 3.05) is 13.7 Å².